The number of rotatable bonds is 6. The molecule has 2 rings (SSSR count). The number of halogens is 1. The molecule has 0 radical (unpaired) electrons. The summed E-state index contributed by atoms with van der Waals surface area (Å²) in [5.74, 6) is 0.593. The molecule has 104 valence electrons. The zero-order valence-electron chi connectivity index (χ0n) is 11.4. The number of hydrogen-bond donors (Lipinski definition) is 1. The van der Waals surface area contributed by atoms with E-state index in [2.05, 4.69) is 18.7 Å². The molecule has 2 aromatic rings. The van der Waals surface area contributed by atoms with Crippen molar-refractivity contribution in [1.82, 2.24) is 4.90 Å². The maximum atomic E-state index is 10.2. The summed E-state index contributed by atoms with van der Waals surface area (Å²) in [6.07, 6.45) is 0.0862. The molecule has 0 saturated heterocycles. The van der Waals surface area contributed by atoms with Gasteiger partial charge in [0, 0.05) is 11.9 Å². The molecule has 0 bridgehead atoms. The van der Waals surface area contributed by atoms with Crippen molar-refractivity contribution in [3.63, 3.8) is 0 Å². The molecule has 19 heavy (non-hydrogen) atoms. The van der Waals surface area contributed by atoms with Gasteiger partial charge in [-0.3, -0.25) is 0 Å². The summed E-state index contributed by atoms with van der Waals surface area (Å²) in [5, 5.41) is 11.7. The first kappa shape index (κ1) is 14.4. The molecule has 0 fully saturated rings. The minimum atomic E-state index is -0.580. The van der Waals surface area contributed by atoms with E-state index in [0.29, 0.717) is 22.8 Å². The molecule has 1 heterocycles. The summed E-state index contributed by atoms with van der Waals surface area (Å²) in [4.78, 5) is 2.28. The summed E-state index contributed by atoms with van der Waals surface area (Å²) in [6, 6.07) is 7.48. The molecule has 1 aromatic heterocycles. The Bertz CT molecular complexity index is 534. The van der Waals surface area contributed by atoms with E-state index in [9.17, 15) is 5.11 Å². The molecule has 0 aliphatic heterocycles. The molecule has 3 nitrogen and oxygen atoms in total. The summed E-state index contributed by atoms with van der Waals surface area (Å²) in [5.41, 5.74) is 0.654. The Morgan fingerprint density at radius 3 is 2.68 bits per heavy atom. The van der Waals surface area contributed by atoms with Crippen molar-refractivity contribution in [1.29, 1.82) is 0 Å². The van der Waals surface area contributed by atoms with Gasteiger partial charge in [0.05, 0.1) is 5.02 Å². The van der Waals surface area contributed by atoms with Crippen LogP contribution in [0.5, 0.6) is 0 Å². The van der Waals surface area contributed by atoms with Crippen LogP contribution in [0.4, 0.5) is 0 Å². The van der Waals surface area contributed by atoms with Gasteiger partial charge in [0.15, 0.2) is 5.58 Å². The largest absolute Gasteiger partial charge is 0.457 e. The monoisotopic (exact) mass is 281 g/mol. The van der Waals surface area contributed by atoms with Gasteiger partial charge in [-0.05, 0) is 31.6 Å². The predicted octanol–water partition coefficient (Wildman–Crippen LogP) is 3.85. The van der Waals surface area contributed by atoms with E-state index in [1.54, 1.807) is 6.07 Å². The molecule has 1 N–H and O–H groups in total. The van der Waals surface area contributed by atoms with Crippen molar-refractivity contribution in [2.75, 3.05) is 19.6 Å². The van der Waals surface area contributed by atoms with Crippen LogP contribution >= 0.6 is 11.6 Å². The number of aliphatic hydroxyl groups is 1. The molecule has 0 saturated carbocycles. The normalized spacial score (nSPS) is 13.3. The standard InChI is InChI=1S/C15H20ClNO2/c1-3-17(4-2)9-8-13(18)14-10-11-6-5-7-12(16)15(11)19-14/h5-7,10,13,18H,3-4,8-9H2,1-2H3. The van der Waals surface area contributed by atoms with E-state index >= 15 is 0 Å². The lowest BCUT2D eigenvalue weighted by Crippen LogP contribution is -2.25. The van der Waals surface area contributed by atoms with Gasteiger partial charge in [0.2, 0.25) is 0 Å². The van der Waals surface area contributed by atoms with E-state index in [1.165, 1.54) is 0 Å². The van der Waals surface area contributed by atoms with Crippen LogP contribution in [0.1, 0.15) is 32.1 Å². The lowest BCUT2D eigenvalue weighted by atomic mass is 10.1. The number of nitrogens with zero attached hydrogens (tertiary/aromatic N) is 1. The number of para-hydroxylation sites is 1. The van der Waals surface area contributed by atoms with Crippen LogP contribution in [0.25, 0.3) is 11.0 Å². The molecule has 0 amide bonds. The number of aliphatic hydroxyl groups excluding tert-OH is 1. The first-order chi connectivity index (χ1) is 9.15. The SMILES string of the molecule is CCN(CC)CCC(O)c1cc2cccc(Cl)c2o1. The fourth-order valence-electron chi connectivity index (χ4n) is 2.20. The Hall–Kier alpha value is -1.03. The van der Waals surface area contributed by atoms with E-state index in [1.807, 2.05) is 18.2 Å². The number of fused-ring (bicyclic) bond motifs is 1. The maximum Gasteiger partial charge on any atom is 0.152 e. The fourth-order valence-corrected chi connectivity index (χ4v) is 2.42. The fraction of sp³-hybridized carbons (Fsp3) is 0.467. The van der Waals surface area contributed by atoms with Gasteiger partial charge in [0.25, 0.3) is 0 Å². The predicted molar refractivity (Wildman–Crippen MR) is 78.6 cm³/mol. The Labute approximate surface area is 118 Å². The molecule has 0 aliphatic carbocycles. The Balaban J connectivity index is 2.09. The van der Waals surface area contributed by atoms with Gasteiger partial charge in [-0.15, -0.1) is 0 Å². The van der Waals surface area contributed by atoms with E-state index < -0.39 is 6.10 Å². The van der Waals surface area contributed by atoms with Crippen LogP contribution < -0.4 is 0 Å². The van der Waals surface area contributed by atoms with Crippen molar-refractivity contribution in [3.05, 3.63) is 35.0 Å². The van der Waals surface area contributed by atoms with Crippen molar-refractivity contribution >= 4 is 22.6 Å². The van der Waals surface area contributed by atoms with Crippen LogP contribution in [0.2, 0.25) is 5.02 Å². The Kier molecular flexibility index (Phi) is 4.86. The van der Waals surface area contributed by atoms with Gasteiger partial charge in [-0.1, -0.05) is 37.6 Å². The lowest BCUT2D eigenvalue weighted by molar-refractivity contribution is 0.124. The van der Waals surface area contributed by atoms with E-state index in [0.717, 1.165) is 25.0 Å². The van der Waals surface area contributed by atoms with Crippen LogP contribution in [0.15, 0.2) is 28.7 Å². The zero-order valence-corrected chi connectivity index (χ0v) is 12.2. The minimum Gasteiger partial charge on any atom is -0.457 e. The lowest BCUT2D eigenvalue weighted by Gasteiger charge is -2.19. The Morgan fingerprint density at radius 1 is 1.32 bits per heavy atom. The molecule has 4 heteroatoms. The van der Waals surface area contributed by atoms with Gasteiger partial charge < -0.3 is 14.4 Å². The number of benzene rings is 1. The van der Waals surface area contributed by atoms with Gasteiger partial charge in [-0.25, -0.2) is 0 Å². The highest BCUT2D eigenvalue weighted by Gasteiger charge is 2.15. The molecule has 0 spiro atoms. The first-order valence-corrected chi connectivity index (χ1v) is 7.11. The smallest absolute Gasteiger partial charge is 0.152 e. The van der Waals surface area contributed by atoms with Crippen molar-refractivity contribution < 1.29 is 9.52 Å². The molecule has 1 atom stereocenters. The summed E-state index contributed by atoms with van der Waals surface area (Å²) >= 11 is 6.06. The second-order valence-electron chi connectivity index (χ2n) is 4.64. The van der Waals surface area contributed by atoms with Crippen molar-refractivity contribution in [2.24, 2.45) is 0 Å². The van der Waals surface area contributed by atoms with Gasteiger partial charge >= 0.3 is 0 Å². The third kappa shape index (κ3) is 3.30. The third-order valence-electron chi connectivity index (χ3n) is 3.46. The van der Waals surface area contributed by atoms with Crippen LogP contribution in [-0.4, -0.2) is 29.6 Å². The van der Waals surface area contributed by atoms with Gasteiger partial charge in [0.1, 0.15) is 11.9 Å². The highest BCUT2D eigenvalue weighted by molar-refractivity contribution is 6.34. The summed E-state index contributed by atoms with van der Waals surface area (Å²) in [6.45, 7) is 7.09. The number of hydrogen-bond acceptors (Lipinski definition) is 3. The van der Waals surface area contributed by atoms with E-state index in [4.69, 9.17) is 16.0 Å². The molecule has 1 aromatic carbocycles. The van der Waals surface area contributed by atoms with E-state index in [-0.39, 0.29) is 0 Å². The zero-order chi connectivity index (χ0) is 13.8. The number of furan rings is 1. The third-order valence-corrected chi connectivity index (χ3v) is 3.75. The second-order valence-corrected chi connectivity index (χ2v) is 5.05. The van der Waals surface area contributed by atoms with Crippen molar-refractivity contribution in [3.8, 4) is 0 Å². The average Bonchev–Trinajstić information content (AvgIpc) is 2.85. The average molecular weight is 282 g/mol. The van der Waals surface area contributed by atoms with Crippen LogP contribution in [-0.2, 0) is 0 Å². The highest BCUT2D eigenvalue weighted by Crippen LogP contribution is 2.30. The molecular formula is C15H20ClNO2. The van der Waals surface area contributed by atoms with Crippen molar-refractivity contribution in [2.45, 2.75) is 26.4 Å². The topological polar surface area (TPSA) is 36.6 Å². The minimum absolute atomic E-state index is 0.580. The first-order valence-electron chi connectivity index (χ1n) is 6.74. The molecule has 1 unspecified atom stereocenters. The highest BCUT2D eigenvalue weighted by atomic mass is 35.5. The Morgan fingerprint density at radius 2 is 2.05 bits per heavy atom. The molecular weight excluding hydrogens is 262 g/mol. The maximum absolute atomic E-state index is 10.2. The quantitative estimate of drug-likeness (QED) is 0.874. The van der Waals surface area contributed by atoms with Crippen LogP contribution in [0.3, 0.4) is 0 Å². The molecule has 0 aliphatic rings. The second kappa shape index (κ2) is 6.42. The summed E-state index contributed by atoms with van der Waals surface area (Å²) < 4.78 is 5.66. The van der Waals surface area contributed by atoms with Gasteiger partial charge in [-0.2, -0.15) is 0 Å². The van der Waals surface area contributed by atoms with Crippen LogP contribution in [0, 0.1) is 0 Å². The summed E-state index contributed by atoms with van der Waals surface area (Å²) in [7, 11) is 0.